The number of nitrogens with zero attached hydrogens (tertiary/aromatic N) is 1. The van der Waals surface area contributed by atoms with Crippen LogP contribution in [0.15, 0.2) is 60.7 Å². The number of para-hydroxylation sites is 2. The Labute approximate surface area is 107 Å². The molecular formula is C14H16N2S. The van der Waals surface area contributed by atoms with Crippen molar-refractivity contribution in [3.63, 3.8) is 0 Å². The van der Waals surface area contributed by atoms with Crippen LogP contribution < -0.4 is 10.0 Å². The van der Waals surface area contributed by atoms with Crippen LogP contribution in [0.5, 0.6) is 0 Å². The highest BCUT2D eigenvalue weighted by molar-refractivity contribution is 8.01. The van der Waals surface area contributed by atoms with Crippen LogP contribution in [0.4, 0.5) is 11.4 Å². The van der Waals surface area contributed by atoms with Gasteiger partial charge in [-0.25, -0.2) is 0 Å². The second kappa shape index (κ2) is 6.33. The lowest BCUT2D eigenvalue weighted by atomic mass is 10.3. The first kappa shape index (κ1) is 12.0. The van der Waals surface area contributed by atoms with Crippen LogP contribution >= 0.6 is 11.9 Å². The highest BCUT2D eigenvalue weighted by Crippen LogP contribution is 2.31. The van der Waals surface area contributed by atoms with Gasteiger partial charge in [0.1, 0.15) is 0 Å². The molecule has 0 bridgehead atoms. The normalized spacial score (nSPS) is 10.2. The molecule has 3 heteroatoms. The van der Waals surface area contributed by atoms with E-state index in [-0.39, 0.29) is 0 Å². The summed E-state index contributed by atoms with van der Waals surface area (Å²) < 4.78 is 2.22. The van der Waals surface area contributed by atoms with E-state index in [1.54, 1.807) is 11.9 Å². The van der Waals surface area contributed by atoms with Crippen molar-refractivity contribution in [1.29, 1.82) is 0 Å². The molecule has 2 aromatic rings. The molecule has 0 aliphatic rings. The monoisotopic (exact) mass is 244 g/mol. The zero-order valence-corrected chi connectivity index (χ0v) is 10.4. The number of anilines is 2. The maximum Gasteiger partial charge on any atom is 0.0525 e. The molecule has 0 amide bonds. The quantitative estimate of drug-likeness (QED) is 0.817. The first-order valence-corrected chi connectivity index (χ1v) is 6.59. The summed E-state index contributed by atoms with van der Waals surface area (Å²) in [5, 5.41) is 0. The molecule has 0 fully saturated rings. The first-order valence-electron chi connectivity index (χ1n) is 5.65. The molecule has 0 heterocycles. The Kier molecular flexibility index (Phi) is 4.47. The minimum Gasteiger partial charge on any atom is -0.330 e. The van der Waals surface area contributed by atoms with E-state index < -0.39 is 0 Å². The van der Waals surface area contributed by atoms with Crippen LogP contribution in [0.1, 0.15) is 0 Å². The lowest BCUT2D eigenvalue weighted by molar-refractivity contribution is 1.15. The largest absolute Gasteiger partial charge is 0.330 e. The van der Waals surface area contributed by atoms with E-state index >= 15 is 0 Å². The predicted octanol–water partition coefficient (Wildman–Crippen LogP) is 3.43. The van der Waals surface area contributed by atoms with Crippen molar-refractivity contribution in [3.05, 3.63) is 60.7 Å². The van der Waals surface area contributed by atoms with Crippen molar-refractivity contribution < 1.29 is 0 Å². The van der Waals surface area contributed by atoms with Gasteiger partial charge in [-0.1, -0.05) is 36.4 Å². The van der Waals surface area contributed by atoms with E-state index in [4.69, 9.17) is 5.73 Å². The van der Waals surface area contributed by atoms with Gasteiger partial charge in [0.05, 0.1) is 11.4 Å². The molecule has 2 rings (SSSR count). The summed E-state index contributed by atoms with van der Waals surface area (Å²) in [5.41, 5.74) is 7.94. The van der Waals surface area contributed by atoms with Gasteiger partial charge in [0.15, 0.2) is 0 Å². The number of hydrogen-bond donors (Lipinski definition) is 1. The fraction of sp³-hybridized carbons (Fsp3) is 0.143. The van der Waals surface area contributed by atoms with Crippen molar-refractivity contribution >= 4 is 23.3 Å². The lowest BCUT2D eigenvalue weighted by Gasteiger charge is -2.23. The lowest BCUT2D eigenvalue weighted by Crippen LogP contribution is -2.11. The van der Waals surface area contributed by atoms with Crippen molar-refractivity contribution in [2.45, 2.75) is 0 Å². The highest BCUT2D eigenvalue weighted by atomic mass is 32.2. The van der Waals surface area contributed by atoms with Gasteiger partial charge in [-0.2, -0.15) is 0 Å². The second-order valence-electron chi connectivity index (χ2n) is 3.59. The van der Waals surface area contributed by atoms with Crippen LogP contribution in [0, 0.1) is 0 Å². The Hall–Kier alpha value is -1.45. The third kappa shape index (κ3) is 3.25. The van der Waals surface area contributed by atoms with E-state index in [9.17, 15) is 0 Å². The maximum absolute atomic E-state index is 5.59. The minimum atomic E-state index is 0.681. The predicted molar refractivity (Wildman–Crippen MR) is 76.5 cm³/mol. The van der Waals surface area contributed by atoms with Gasteiger partial charge in [0.2, 0.25) is 0 Å². The van der Waals surface area contributed by atoms with Crippen LogP contribution in [-0.2, 0) is 0 Å². The zero-order valence-electron chi connectivity index (χ0n) is 9.62. The van der Waals surface area contributed by atoms with Gasteiger partial charge in [0.25, 0.3) is 0 Å². The van der Waals surface area contributed by atoms with Crippen molar-refractivity contribution in [2.75, 3.05) is 16.6 Å². The molecular weight excluding hydrogens is 228 g/mol. The number of rotatable bonds is 5. The smallest absolute Gasteiger partial charge is 0.0525 e. The minimum absolute atomic E-state index is 0.681. The Balaban J connectivity index is 2.26. The van der Waals surface area contributed by atoms with Gasteiger partial charge >= 0.3 is 0 Å². The fourth-order valence-corrected chi connectivity index (χ4v) is 2.40. The summed E-state index contributed by atoms with van der Waals surface area (Å²) in [7, 11) is 0. The number of hydrogen-bond acceptors (Lipinski definition) is 3. The average Bonchev–Trinajstić information content (AvgIpc) is 2.42. The molecule has 0 aliphatic heterocycles. The third-order valence-corrected chi connectivity index (χ3v) is 3.42. The molecule has 0 unspecified atom stereocenters. The summed E-state index contributed by atoms with van der Waals surface area (Å²) >= 11 is 1.74. The van der Waals surface area contributed by atoms with Crippen molar-refractivity contribution in [2.24, 2.45) is 5.73 Å². The molecule has 17 heavy (non-hydrogen) atoms. The van der Waals surface area contributed by atoms with E-state index in [1.807, 2.05) is 36.4 Å². The molecule has 0 atom stereocenters. The van der Waals surface area contributed by atoms with E-state index in [0.29, 0.717) is 6.54 Å². The van der Waals surface area contributed by atoms with Gasteiger partial charge in [0, 0.05) is 12.3 Å². The number of nitrogens with two attached hydrogens (primary N) is 1. The summed E-state index contributed by atoms with van der Waals surface area (Å²) in [4.78, 5) is 0. The Morgan fingerprint density at radius 1 is 0.824 bits per heavy atom. The molecule has 0 saturated carbocycles. The molecule has 2 N–H and O–H groups in total. The Morgan fingerprint density at radius 2 is 1.29 bits per heavy atom. The summed E-state index contributed by atoms with van der Waals surface area (Å²) in [6, 6.07) is 20.7. The van der Waals surface area contributed by atoms with Gasteiger partial charge in [-0.3, -0.25) is 4.31 Å². The molecule has 0 radical (unpaired) electrons. The summed E-state index contributed by atoms with van der Waals surface area (Å²) in [6.45, 7) is 0.681. The van der Waals surface area contributed by atoms with Crippen molar-refractivity contribution in [3.8, 4) is 0 Å². The fourth-order valence-electron chi connectivity index (χ4n) is 1.57. The van der Waals surface area contributed by atoms with Gasteiger partial charge < -0.3 is 5.73 Å². The Bertz CT molecular complexity index is 391. The van der Waals surface area contributed by atoms with Crippen LogP contribution in [0.3, 0.4) is 0 Å². The van der Waals surface area contributed by atoms with E-state index in [0.717, 1.165) is 5.75 Å². The molecule has 0 aromatic heterocycles. The molecule has 2 nitrogen and oxygen atoms in total. The van der Waals surface area contributed by atoms with Gasteiger partial charge in [-0.05, 0) is 36.2 Å². The standard InChI is InChI=1S/C14H16N2S/c15-11-12-17-16(13-7-3-1-4-8-13)14-9-5-2-6-10-14/h1-10H,11-12,15H2. The van der Waals surface area contributed by atoms with Gasteiger partial charge in [-0.15, -0.1) is 0 Å². The highest BCUT2D eigenvalue weighted by Gasteiger charge is 2.08. The first-order chi connectivity index (χ1) is 8.42. The SMILES string of the molecule is NCCSN(c1ccccc1)c1ccccc1. The average molecular weight is 244 g/mol. The molecule has 2 aromatic carbocycles. The van der Waals surface area contributed by atoms with Crippen LogP contribution in [-0.4, -0.2) is 12.3 Å². The number of benzene rings is 2. The van der Waals surface area contributed by atoms with E-state index in [1.165, 1.54) is 11.4 Å². The summed E-state index contributed by atoms with van der Waals surface area (Å²) in [5.74, 6) is 0.907. The van der Waals surface area contributed by atoms with Crippen molar-refractivity contribution in [1.82, 2.24) is 0 Å². The van der Waals surface area contributed by atoms with Crippen LogP contribution in [0.25, 0.3) is 0 Å². The summed E-state index contributed by atoms with van der Waals surface area (Å²) in [6.07, 6.45) is 0. The molecule has 0 aliphatic carbocycles. The molecule has 0 spiro atoms. The topological polar surface area (TPSA) is 29.3 Å². The zero-order chi connectivity index (χ0) is 11.9. The second-order valence-corrected chi connectivity index (χ2v) is 4.62. The molecule has 88 valence electrons. The Morgan fingerprint density at radius 3 is 1.71 bits per heavy atom. The molecule has 0 saturated heterocycles. The maximum atomic E-state index is 5.59. The van der Waals surface area contributed by atoms with Crippen LogP contribution in [0.2, 0.25) is 0 Å². The van der Waals surface area contributed by atoms with E-state index in [2.05, 4.69) is 28.6 Å². The third-order valence-electron chi connectivity index (χ3n) is 2.32.